The molecule has 0 saturated carbocycles. The smallest absolute Gasteiger partial charge is 0.280 e. The van der Waals surface area contributed by atoms with E-state index >= 15 is 0 Å². The average Bonchev–Trinajstić information content (AvgIpc) is 2.58. The zero-order valence-corrected chi connectivity index (χ0v) is 16.2. The topological polar surface area (TPSA) is 58.6 Å². The minimum Gasteiger partial charge on any atom is -0.332 e. The van der Waals surface area contributed by atoms with Crippen molar-refractivity contribution in [2.75, 3.05) is 11.9 Å². The van der Waals surface area contributed by atoms with Crippen LogP contribution in [0, 0.1) is 5.92 Å². The summed E-state index contributed by atoms with van der Waals surface area (Å²) in [5.41, 5.74) is 2.54. The molecule has 0 unspecified atom stereocenters. The fraction of sp³-hybridized carbons (Fsp3) is 0.368. The van der Waals surface area contributed by atoms with Crippen molar-refractivity contribution in [2.45, 2.75) is 33.2 Å². The van der Waals surface area contributed by atoms with Gasteiger partial charge in [0.1, 0.15) is 6.04 Å². The molecular weight excluding hydrogens is 357 g/mol. The van der Waals surface area contributed by atoms with Crippen molar-refractivity contribution in [2.24, 2.45) is 5.92 Å². The van der Waals surface area contributed by atoms with Crippen LogP contribution >= 0.6 is 23.2 Å². The maximum absolute atomic E-state index is 12.2. The Morgan fingerprint density at radius 1 is 1.24 bits per heavy atom. The number of pyridine rings is 1. The van der Waals surface area contributed by atoms with E-state index in [-0.39, 0.29) is 11.9 Å². The van der Waals surface area contributed by atoms with E-state index in [2.05, 4.69) is 55.3 Å². The molecule has 2 rings (SSSR count). The Hall–Kier alpha value is -1.62. The van der Waals surface area contributed by atoms with Crippen molar-refractivity contribution in [3.05, 3.63) is 57.7 Å². The van der Waals surface area contributed by atoms with Gasteiger partial charge in [-0.05, 0) is 18.1 Å². The van der Waals surface area contributed by atoms with Crippen molar-refractivity contribution < 1.29 is 10.1 Å². The van der Waals surface area contributed by atoms with Crippen LogP contribution in [-0.2, 0) is 11.2 Å². The molecule has 1 aromatic heterocycles. The second kappa shape index (κ2) is 9.18. The highest BCUT2D eigenvalue weighted by atomic mass is 35.5. The molecule has 0 bridgehead atoms. The van der Waals surface area contributed by atoms with Gasteiger partial charge in [-0.25, -0.2) is 4.98 Å². The van der Waals surface area contributed by atoms with Crippen LogP contribution in [0.4, 0.5) is 5.82 Å². The molecule has 0 aliphatic rings. The van der Waals surface area contributed by atoms with Gasteiger partial charge >= 0.3 is 0 Å². The molecule has 1 aromatic carbocycles. The summed E-state index contributed by atoms with van der Waals surface area (Å²) in [4.78, 5) is 16.3. The number of anilines is 1. The monoisotopic (exact) mass is 380 g/mol. The van der Waals surface area contributed by atoms with Crippen LogP contribution in [0.5, 0.6) is 0 Å². The van der Waals surface area contributed by atoms with E-state index in [4.69, 9.17) is 23.2 Å². The highest BCUT2D eigenvalue weighted by molar-refractivity contribution is 6.36. The van der Waals surface area contributed by atoms with Crippen molar-refractivity contribution in [3.63, 3.8) is 0 Å². The molecule has 1 atom stereocenters. The summed E-state index contributed by atoms with van der Waals surface area (Å²) in [6, 6.07) is 10.4. The number of nitrogens with zero attached hydrogens (tertiary/aromatic N) is 1. The molecule has 1 heterocycles. The van der Waals surface area contributed by atoms with E-state index in [9.17, 15) is 4.79 Å². The van der Waals surface area contributed by atoms with Gasteiger partial charge in [-0.15, -0.1) is 0 Å². The number of halogens is 2. The highest BCUT2D eigenvalue weighted by Gasteiger charge is 2.21. The molecule has 2 aromatic rings. The first-order valence-electron chi connectivity index (χ1n) is 8.43. The highest BCUT2D eigenvalue weighted by Crippen LogP contribution is 2.22. The number of hydrogen-bond acceptors (Lipinski definition) is 2. The van der Waals surface area contributed by atoms with Gasteiger partial charge in [0.2, 0.25) is 0 Å². The average molecular weight is 381 g/mol. The number of quaternary nitrogens is 1. The molecule has 0 fully saturated rings. The lowest BCUT2D eigenvalue weighted by Crippen LogP contribution is -2.88. The van der Waals surface area contributed by atoms with Crippen LogP contribution in [0.3, 0.4) is 0 Å². The number of carbonyl (C=O) groups excluding carboxylic acids is 1. The molecule has 6 heteroatoms. The van der Waals surface area contributed by atoms with Crippen molar-refractivity contribution >= 4 is 34.9 Å². The van der Waals surface area contributed by atoms with Crippen molar-refractivity contribution in [1.29, 1.82) is 0 Å². The molecule has 4 nitrogen and oxygen atoms in total. The molecule has 25 heavy (non-hydrogen) atoms. The fourth-order valence-corrected chi connectivity index (χ4v) is 3.12. The summed E-state index contributed by atoms with van der Waals surface area (Å²) >= 11 is 11.9. The lowest BCUT2D eigenvalue weighted by molar-refractivity contribution is -0.692. The second-order valence-electron chi connectivity index (χ2n) is 6.34. The Morgan fingerprint density at radius 3 is 2.48 bits per heavy atom. The van der Waals surface area contributed by atoms with E-state index in [1.165, 1.54) is 17.3 Å². The summed E-state index contributed by atoms with van der Waals surface area (Å²) in [5, 5.41) is 5.54. The SMILES string of the molecule is CCc1ccc([C@H]([NH2+]CC(=O)Nc2ncc(Cl)cc2Cl)C(C)C)cc1. The van der Waals surface area contributed by atoms with Crippen LogP contribution in [0.1, 0.15) is 37.9 Å². The van der Waals surface area contributed by atoms with E-state index in [1.807, 2.05) is 5.32 Å². The molecule has 1 amide bonds. The third-order valence-corrected chi connectivity index (χ3v) is 4.61. The second-order valence-corrected chi connectivity index (χ2v) is 7.18. The number of benzene rings is 1. The Bertz CT molecular complexity index is 717. The van der Waals surface area contributed by atoms with Crippen molar-refractivity contribution in [1.82, 2.24) is 4.98 Å². The molecule has 3 N–H and O–H groups in total. The minimum absolute atomic E-state index is 0.146. The molecule has 0 aliphatic carbocycles. The number of nitrogens with two attached hydrogens (primary N) is 1. The molecule has 134 valence electrons. The maximum atomic E-state index is 12.2. The maximum Gasteiger partial charge on any atom is 0.280 e. The minimum atomic E-state index is -0.146. The third kappa shape index (κ3) is 5.70. The summed E-state index contributed by atoms with van der Waals surface area (Å²) in [6.07, 6.45) is 2.48. The van der Waals surface area contributed by atoms with E-state index < -0.39 is 0 Å². The first kappa shape index (κ1) is 19.7. The number of amides is 1. The van der Waals surface area contributed by atoms with Gasteiger partial charge in [0.25, 0.3) is 5.91 Å². The predicted molar refractivity (Wildman–Crippen MR) is 103 cm³/mol. The standard InChI is InChI=1S/C19H23Cl2N3O/c1-4-13-5-7-14(8-6-13)18(12(2)3)22-11-17(25)24-19-16(21)9-15(20)10-23-19/h5-10,12,18,22H,4,11H2,1-3H3,(H,23,24,25)/p+1/t18-/m1/s1. The van der Waals surface area contributed by atoms with Gasteiger partial charge in [0, 0.05) is 17.7 Å². The first-order valence-corrected chi connectivity index (χ1v) is 9.19. The Balaban J connectivity index is 1.99. The molecule has 0 radical (unpaired) electrons. The zero-order chi connectivity index (χ0) is 18.4. The van der Waals surface area contributed by atoms with Crippen molar-refractivity contribution in [3.8, 4) is 0 Å². The number of rotatable bonds is 7. The van der Waals surface area contributed by atoms with Gasteiger partial charge in [0.05, 0.1) is 10.0 Å². The Kier molecular flexibility index (Phi) is 7.24. The summed E-state index contributed by atoms with van der Waals surface area (Å²) in [7, 11) is 0. The van der Waals surface area contributed by atoms with Gasteiger partial charge in [-0.2, -0.15) is 0 Å². The van der Waals surface area contributed by atoms with Crippen LogP contribution in [0.25, 0.3) is 0 Å². The number of nitrogens with one attached hydrogen (secondary N) is 1. The quantitative estimate of drug-likeness (QED) is 0.766. The number of aromatic nitrogens is 1. The lowest BCUT2D eigenvalue weighted by atomic mass is 9.95. The largest absolute Gasteiger partial charge is 0.332 e. The van der Waals surface area contributed by atoms with Crippen LogP contribution in [0.15, 0.2) is 36.5 Å². The number of carbonyl (C=O) groups is 1. The van der Waals surface area contributed by atoms with Gasteiger partial charge in [0.15, 0.2) is 12.4 Å². The lowest BCUT2D eigenvalue weighted by Gasteiger charge is -2.19. The number of hydrogen-bond donors (Lipinski definition) is 2. The fourth-order valence-electron chi connectivity index (χ4n) is 2.69. The summed E-state index contributed by atoms with van der Waals surface area (Å²) < 4.78 is 0. The van der Waals surface area contributed by atoms with Gasteiger partial charge < -0.3 is 10.6 Å². The van der Waals surface area contributed by atoms with Crippen LogP contribution in [-0.4, -0.2) is 17.4 Å². The van der Waals surface area contributed by atoms with Crippen LogP contribution in [0.2, 0.25) is 10.0 Å². The van der Waals surface area contributed by atoms with E-state index in [0.717, 1.165) is 6.42 Å². The molecule has 0 spiro atoms. The summed E-state index contributed by atoms with van der Waals surface area (Å²) in [5.74, 6) is 0.586. The van der Waals surface area contributed by atoms with Crippen LogP contribution < -0.4 is 10.6 Å². The Morgan fingerprint density at radius 2 is 1.92 bits per heavy atom. The Labute approximate surface area is 158 Å². The third-order valence-electron chi connectivity index (χ3n) is 4.11. The predicted octanol–water partition coefficient (Wildman–Crippen LogP) is 3.85. The van der Waals surface area contributed by atoms with Gasteiger partial charge in [-0.3, -0.25) is 4.79 Å². The normalized spacial score (nSPS) is 12.2. The van der Waals surface area contributed by atoms with E-state index in [1.54, 1.807) is 6.07 Å². The molecule has 0 aliphatic heterocycles. The van der Waals surface area contributed by atoms with E-state index in [0.29, 0.717) is 28.3 Å². The molecule has 0 saturated heterocycles. The van der Waals surface area contributed by atoms with Gasteiger partial charge in [-0.1, -0.05) is 68.2 Å². The summed E-state index contributed by atoms with van der Waals surface area (Å²) in [6.45, 7) is 6.75. The molecular formula is C19H24Cl2N3O+. The zero-order valence-electron chi connectivity index (χ0n) is 14.7. The number of aryl methyl sites for hydroxylation is 1. The first-order chi connectivity index (χ1) is 11.9.